The summed E-state index contributed by atoms with van der Waals surface area (Å²) >= 11 is 8.08. The highest BCUT2D eigenvalue weighted by Gasteiger charge is 2.18. The number of carbonyl (C=O) groups excluding carboxylic acids is 2. The van der Waals surface area contributed by atoms with Crippen molar-refractivity contribution in [2.24, 2.45) is 0 Å². The second kappa shape index (κ2) is 6.35. The molecule has 1 unspecified atom stereocenters. The van der Waals surface area contributed by atoms with Crippen LogP contribution in [-0.4, -0.2) is 18.4 Å². The second-order valence-corrected chi connectivity index (χ2v) is 5.03. The van der Waals surface area contributed by atoms with Crippen molar-refractivity contribution in [2.75, 3.05) is 6.61 Å². The van der Waals surface area contributed by atoms with Crippen LogP contribution in [0.3, 0.4) is 0 Å². The van der Waals surface area contributed by atoms with Gasteiger partial charge in [0.25, 0.3) is 0 Å². The van der Waals surface area contributed by atoms with Crippen LogP contribution in [0, 0.1) is 3.57 Å². The molecule has 0 radical (unpaired) electrons. The minimum atomic E-state index is -0.726. The van der Waals surface area contributed by atoms with Gasteiger partial charge in [0.15, 0.2) is 5.78 Å². The third-order valence-corrected chi connectivity index (χ3v) is 3.66. The summed E-state index contributed by atoms with van der Waals surface area (Å²) in [7, 11) is 0. The van der Waals surface area contributed by atoms with Gasteiger partial charge in [-0.3, -0.25) is 4.79 Å². The fourth-order valence-corrected chi connectivity index (χ4v) is 2.31. The summed E-state index contributed by atoms with van der Waals surface area (Å²) < 4.78 is 5.75. The number of rotatable bonds is 4. The Kier molecular flexibility index (Phi) is 5.39. The molecule has 5 heteroatoms. The zero-order chi connectivity index (χ0) is 13.0. The van der Waals surface area contributed by atoms with Gasteiger partial charge >= 0.3 is 5.97 Å². The molecule has 1 aromatic carbocycles. The first-order valence-electron chi connectivity index (χ1n) is 5.08. The van der Waals surface area contributed by atoms with Crippen LogP contribution in [0.15, 0.2) is 18.2 Å². The zero-order valence-corrected chi connectivity index (χ0v) is 12.4. The van der Waals surface area contributed by atoms with Gasteiger partial charge in [0.1, 0.15) is 5.38 Å². The van der Waals surface area contributed by atoms with Crippen molar-refractivity contribution >= 4 is 45.9 Å². The maximum Gasteiger partial charge on any atom is 0.338 e. The minimum absolute atomic E-state index is 0.148. The molecule has 1 atom stereocenters. The Morgan fingerprint density at radius 2 is 2.12 bits per heavy atom. The maximum absolute atomic E-state index is 11.5. The lowest BCUT2D eigenvalue weighted by Crippen LogP contribution is -2.08. The predicted octanol–water partition coefficient (Wildman–Crippen LogP) is 3.34. The van der Waals surface area contributed by atoms with E-state index in [4.69, 9.17) is 16.3 Å². The SMILES string of the molecule is CCOC(=O)c1ccc(I)c(C(Cl)C(C)=O)c1. The Bertz CT molecular complexity index is 445. The first-order chi connectivity index (χ1) is 7.97. The zero-order valence-electron chi connectivity index (χ0n) is 9.50. The molecule has 0 spiro atoms. The molecule has 0 aliphatic heterocycles. The summed E-state index contributed by atoms with van der Waals surface area (Å²) in [5, 5.41) is -0.726. The summed E-state index contributed by atoms with van der Waals surface area (Å²) in [5.74, 6) is -0.553. The van der Waals surface area contributed by atoms with Crippen molar-refractivity contribution in [3.8, 4) is 0 Å². The number of ketones is 1. The molecule has 1 aromatic rings. The van der Waals surface area contributed by atoms with Gasteiger partial charge in [0.2, 0.25) is 0 Å². The van der Waals surface area contributed by atoms with Crippen molar-refractivity contribution in [1.82, 2.24) is 0 Å². The molecule has 0 N–H and O–H groups in total. The molecule has 0 amide bonds. The van der Waals surface area contributed by atoms with Crippen molar-refractivity contribution in [3.63, 3.8) is 0 Å². The van der Waals surface area contributed by atoms with Gasteiger partial charge in [-0.15, -0.1) is 11.6 Å². The minimum Gasteiger partial charge on any atom is -0.462 e. The number of alkyl halides is 1. The van der Waals surface area contributed by atoms with Crippen LogP contribution in [0.25, 0.3) is 0 Å². The first-order valence-corrected chi connectivity index (χ1v) is 6.60. The number of halogens is 2. The van der Waals surface area contributed by atoms with Gasteiger partial charge in [-0.2, -0.15) is 0 Å². The molecule has 0 bridgehead atoms. The Labute approximate surface area is 119 Å². The van der Waals surface area contributed by atoms with E-state index in [0.29, 0.717) is 17.7 Å². The predicted molar refractivity (Wildman–Crippen MR) is 74.4 cm³/mol. The molecular weight excluding hydrogens is 354 g/mol. The summed E-state index contributed by atoms with van der Waals surface area (Å²) in [6.07, 6.45) is 0. The average Bonchev–Trinajstić information content (AvgIpc) is 2.28. The molecule has 0 aromatic heterocycles. The highest BCUT2D eigenvalue weighted by atomic mass is 127. The Hall–Kier alpha value is -0.620. The maximum atomic E-state index is 11.5. The number of hydrogen-bond acceptors (Lipinski definition) is 3. The number of ether oxygens (including phenoxy) is 1. The van der Waals surface area contributed by atoms with Gasteiger partial charge in [0, 0.05) is 3.57 Å². The summed E-state index contributed by atoms with van der Waals surface area (Å²) in [6.45, 7) is 3.48. The van der Waals surface area contributed by atoms with Crippen molar-refractivity contribution in [1.29, 1.82) is 0 Å². The normalized spacial score (nSPS) is 12.0. The fraction of sp³-hybridized carbons (Fsp3) is 0.333. The molecule has 0 aliphatic carbocycles. The smallest absolute Gasteiger partial charge is 0.338 e. The van der Waals surface area contributed by atoms with Crippen LogP contribution in [-0.2, 0) is 9.53 Å². The van der Waals surface area contributed by atoms with Crippen LogP contribution in [0.1, 0.15) is 35.1 Å². The third kappa shape index (κ3) is 3.67. The molecule has 0 saturated carbocycles. The van der Waals surface area contributed by atoms with Gasteiger partial charge < -0.3 is 4.74 Å². The lowest BCUT2D eigenvalue weighted by molar-refractivity contribution is -0.116. The van der Waals surface area contributed by atoms with E-state index >= 15 is 0 Å². The number of hydrogen-bond donors (Lipinski definition) is 0. The molecule has 0 saturated heterocycles. The van der Waals surface area contributed by atoms with Gasteiger partial charge in [-0.1, -0.05) is 0 Å². The highest BCUT2D eigenvalue weighted by Crippen LogP contribution is 2.27. The van der Waals surface area contributed by atoms with Crippen LogP contribution >= 0.6 is 34.2 Å². The third-order valence-electron chi connectivity index (χ3n) is 2.14. The fourth-order valence-electron chi connectivity index (χ4n) is 1.30. The van der Waals surface area contributed by atoms with Crippen LogP contribution < -0.4 is 0 Å². The highest BCUT2D eigenvalue weighted by molar-refractivity contribution is 14.1. The molecule has 92 valence electrons. The molecule has 17 heavy (non-hydrogen) atoms. The molecular formula is C12H12ClIO3. The van der Waals surface area contributed by atoms with E-state index in [9.17, 15) is 9.59 Å². The van der Waals surface area contributed by atoms with Crippen molar-refractivity contribution in [3.05, 3.63) is 32.9 Å². The summed E-state index contributed by atoms with van der Waals surface area (Å²) in [5.41, 5.74) is 1.06. The van der Waals surface area contributed by atoms with Gasteiger partial charge in [-0.25, -0.2) is 4.79 Å². The first kappa shape index (κ1) is 14.4. The summed E-state index contributed by atoms with van der Waals surface area (Å²) in [4.78, 5) is 22.8. The van der Waals surface area contributed by atoms with Gasteiger partial charge in [-0.05, 0) is 60.2 Å². The lowest BCUT2D eigenvalue weighted by Gasteiger charge is -2.10. The Morgan fingerprint density at radius 3 is 2.65 bits per heavy atom. The number of esters is 1. The quantitative estimate of drug-likeness (QED) is 0.466. The number of carbonyl (C=O) groups is 2. The van der Waals surface area contributed by atoms with E-state index in [2.05, 4.69) is 22.6 Å². The van der Waals surface area contributed by atoms with Crippen LogP contribution in [0.5, 0.6) is 0 Å². The number of benzene rings is 1. The molecule has 0 heterocycles. The Morgan fingerprint density at radius 1 is 1.47 bits per heavy atom. The van der Waals surface area contributed by atoms with Crippen molar-refractivity contribution < 1.29 is 14.3 Å². The van der Waals surface area contributed by atoms with E-state index in [0.717, 1.165) is 3.57 Å². The van der Waals surface area contributed by atoms with Crippen LogP contribution in [0.4, 0.5) is 0 Å². The summed E-state index contributed by atoms with van der Waals surface area (Å²) in [6, 6.07) is 5.02. The molecule has 1 rings (SSSR count). The monoisotopic (exact) mass is 366 g/mol. The van der Waals surface area contributed by atoms with E-state index in [1.165, 1.54) is 6.92 Å². The largest absolute Gasteiger partial charge is 0.462 e. The molecule has 3 nitrogen and oxygen atoms in total. The standard InChI is InChI=1S/C12H12ClIO3/c1-3-17-12(16)8-4-5-10(14)9(6-8)11(13)7(2)15/h4-6,11H,3H2,1-2H3. The second-order valence-electron chi connectivity index (χ2n) is 3.43. The number of Topliss-reactive ketones (excluding diaryl/α,β-unsaturated/α-hetero) is 1. The van der Waals surface area contributed by atoms with Gasteiger partial charge in [0.05, 0.1) is 12.2 Å². The lowest BCUT2D eigenvalue weighted by atomic mass is 10.1. The topological polar surface area (TPSA) is 43.4 Å². The van der Waals surface area contributed by atoms with E-state index < -0.39 is 11.3 Å². The Balaban J connectivity index is 3.10. The van der Waals surface area contributed by atoms with Crippen molar-refractivity contribution in [2.45, 2.75) is 19.2 Å². The van der Waals surface area contributed by atoms with Crippen LogP contribution in [0.2, 0.25) is 0 Å². The molecule has 0 fully saturated rings. The molecule has 0 aliphatic rings. The van der Waals surface area contributed by atoms with E-state index in [1.807, 2.05) is 0 Å². The van der Waals surface area contributed by atoms with E-state index in [1.54, 1.807) is 25.1 Å². The van der Waals surface area contributed by atoms with E-state index in [-0.39, 0.29) is 5.78 Å². The average molecular weight is 367 g/mol.